The minimum absolute atomic E-state index is 0.180. The molecule has 0 saturated heterocycles. The Balaban J connectivity index is 2.55. The summed E-state index contributed by atoms with van der Waals surface area (Å²) in [6.45, 7) is 8.48. The fraction of sp³-hybridized carbons (Fsp3) is 0.556. The number of ether oxygens (including phenoxy) is 1. The number of rotatable bonds is 11. The van der Waals surface area contributed by atoms with E-state index in [9.17, 15) is 4.79 Å². The quantitative estimate of drug-likeness (QED) is 0.335. The topological polar surface area (TPSA) is 71.8 Å². The molecule has 138 valence electrons. The number of carbonyl (C=O) groups excluding carboxylic acids is 1. The van der Waals surface area contributed by atoms with Crippen LogP contribution in [0.25, 0.3) is 0 Å². The lowest BCUT2D eigenvalue weighted by Crippen LogP contribution is -2.34. The maximum absolute atomic E-state index is 11.9. The molecule has 0 heterocycles. The van der Waals surface area contributed by atoms with E-state index in [1.807, 2.05) is 64.1 Å². The summed E-state index contributed by atoms with van der Waals surface area (Å²) in [5.74, 6) is -0.437. The fourth-order valence-corrected chi connectivity index (χ4v) is 3.76. The molecule has 0 aromatic heterocycles. The number of carbonyl (C=O) groups is 1. The number of nitrogens with zero attached hydrogens (tertiary/aromatic N) is 2. The molecule has 0 spiro atoms. The second-order valence-electron chi connectivity index (χ2n) is 5.97. The Bertz CT molecular complexity index is 538. The van der Waals surface area contributed by atoms with Crippen molar-refractivity contribution < 1.29 is 18.6 Å². The van der Waals surface area contributed by atoms with Crippen LogP contribution in [0.5, 0.6) is 0 Å². The summed E-state index contributed by atoms with van der Waals surface area (Å²) >= 11 is 0. The number of benzene rings is 1. The van der Waals surface area contributed by atoms with E-state index in [0.29, 0.717) is 0 Å². The van der Waals surface area contributed by atoms with Crippen molar-refractivity contribution in [1.29, 1.82) is 5.26 Å². The second kappa shape index (κ2) is 11.9. The van der Waals surface area contributed by atoms with Gasteiger partial charge in [-0.15, -0.1) is 0 Å². The first kappa shape index (κ1) is 21.5. The van der Waals surface area contributed by atoms with Gasteiger partial charge in [0.25, 0.3) is 8.53 Å². The first-order valence-corrected chi connectivity index (χ1v) is 9.49. The normalized spacial score (nSPS) is 12.4. The second-order valence-corrected chi connectivity index (χ2v) is 7.42. The van der Waals surface area contributed by atoms with Crippen LogP contribution < -0.4 is 0 Å². The van der Waals surface area contributed by atoms with Crippen LogP contribution in [0.3, 0.4) is 0 Å². The Morgan fingerprint density at radius 1 is 1.16 bits per heavy atom. The van der Waals surface area contributed by atoms with Gasteiger partial charge in [-0.3, -0.25) is 0 Å². The van der Waals surface area contributed by atoms with Gasteiger partial charge in [0.15, 0.2) is 6.61 Å². The Morgan fingerprint density at radius 3 is 2.36 bits per heavy atom. The van der Waals surface area contributed by atoms with Gasteiger partial charge in [0.05, 0.1) is 19.1 Å². The summed E-state index contributed by atoms with van der Waals surface area (Å²) in [5, 5.41) is 8.68. The zero-order valence-electron chi connectivity index (χ0n) is 15.3. The average molecular weight is 366 g/mol. The molecule has 1 atom stereocenters. The molecule has 0 saturated carbocycles. The van der Waals surface area contributed by atoms with Crippen molar-refractivity contribution in [2.75, 3.05) is 13.2 Å². The van der Waals surface area contributed by atoms with Crippen molar-refractivity contribution in [2.24, 2.45) is 0 Å². The van der Waals surface area contributed by atoms with Crippen molar-refractivity contribution in [3.8, 4) is 6.07 Å². The molecule has 0 N–H and O–H groups in total. The average Bonchev–Trinajstić information content (AvgIpc) is 2.58. The minimum atomic E-state index is -1.43. The molecular formula is C18H27N2O4P. The van der Waals surface area contributed by atoms with E-state index < -0.39 is 14.5 Å². The molecule has 0 bridgehead atoms. The number of esters is 1. The van der Waals surface area contributed by atoms with E-state index in [-0.39, 0.29) is 38.3 Å². The molecule has 1 aromatic carbocycles. The molecule has 0 aliphatic carbocycles. The zero-order valence-corrected chi connectivity index (χ0v) is 16.2. The number of hydrogen-bond acceptors (Lipinski definition) is 6. The van der Waals surface area contributed by atoms with Crippen molar-refractivity contribution in [1.82, 2.24) is 4.67 Å². The Kier molecular flexibility index (Phi) is 10.3. The van der Waals surface area contributed by atoms with E-state index in [0.717, 1.165) is 5.56 Å². The fourth-order valence-electron chi connectivity index (χ4n) is 2.20. The maximum Gasteiger partial charge on any atom is 0.332 e. The van der Waals surface area contributed by atoms with Crippen LogP contribution in [-0.2, 0) is 25.2 Å². The lowest BCUT2D eigenvalue weighted by molar-refractivity contribution is -0.147. The highest BCUT2D eigenvalue weighted by Crippen LogP contribution is 2.45. The molecule has 0 amide bonds. The molecule has 25 heavy (non-hydrogen) atoms. The molecule has 7 heteroatoms. The van der Waals surface area contributed by atoms with Gasteiger partial charge in [0.2, 0.25) is 0 Å². The summed E-state index contributed by atoms with van der Waals surface area (Å²) in [7, 11) is -1.43. The highest BCUT2D eigenvalue weighted by atomic mass is 31.2. The summed E-state index contributed by atoms with van der Waals surface area (Å²) < 4.78 is 18.7. The predicted octanol–water partition coefficient (Wildman–Crippen LogP) is 4.02. The minimum Gasteiger partial charge on any atom is -0.459 e. The third kappa shape index (κ3) is 8.42. The van der Waals surface area contributed by atoms with Gasteiger partial charge in [-0.25, -0.2) is 9.46 Å². The van der Waals surface area contributed by atoms with Gasteiger partial charge in [-0.1, -0.05) is 30.3 Å². The smallest absolute Gasteiger partial charge is 0.332 e. The van der Waals surface area contributed by atoms with Crippen LogP contribution in [0.4, 0.5) is 0 Å². The molecule has 6 nitrogen and oxygen atoms in total. The van der Waals surface area contributed by atoms with Crippen molar-refractivity contribution in [3.63, 3.8) is 0 Å². The summed E-state index contributed by atoms with van der Waals surface area (Å²) in [6, 6.07) is 11.9. The number of hydrogen-bond donors (Lipinski definition) is 0. The molecule has 0 aliphatic heterocycles. The molecular weight excluding hydrogens is 339 g/mol. The van der Waals surface area contributed by atoms with Gasteiger partial charge >= 0.3 is 5.97 Å². The summed E-state index contributed by atoms with van der Waals surface area (Å²) in [5.41, 5.74) is 0.925. The highest BCUT2D eigenvalue weighted by molar-refractivity contribution is 7.44. The SMILES string of the molecule is CC(C)N(C(C)C)P(OCCC#N)OCC(=O)OCc1ccccc1. The van der Waals surface area contributed by atoms with Crippen LogP contribution in [-0.4, -0.2) is 35.9 Å². The van der Waals surface area contributed by atoms with Gasteiger partial charge in [0, 0.05) is 12.1 Å². The monoisotopic (exact) mass is 366 g/mol. The van der Waals surface area contributed by atoms with Gasteiger partial charge in [-0.05, 0) is 33.3 Å². The van der Waals surface area contributed by atoms with E-state index in [4.69, 9.17) is 19.0 Å². The largest absolute Gasteiger partial charge is 0.459 e. The van der Waals surface area contributed by atoms with Crippen molar-refractivity contribution in [2.45, 2.75) is 52.8 Å². The molecule has 1 aromatic rings. The maximum atomic E-state index is 11.9. The predicted molar refractivity (Wildman–Crippen MR) is 97.4 cm³/mol. The molecule has 0 fully saturated rings. The summed E-state index contributed by atoms with van der Waals surface area (Å²) in [6.07, 6.45) is 0.282. The molecule has 1 rings (SSSR count). The molecule has 1 unspecified atom stereocenters. The lowest BCUT2D eigenvalue weighted by atomic mass is 10.2. The summed E-state index contributed by atoms with van der Waals surface area (Å²) in [4.78, 5) is 11.9. The Morgan fingerprint density at radius 2 is 1.80 bits per heavy atom. The molecule has 0 aliphatic rings. The standard InChI is InChI=1S/C18H27N2O4P/c1-15(2)20(16(3)4)25(23-12-8-11-19)24-14-18(21)22-13-17-9-6-5-7-10-17/h5-7,9-10,15-16H,8,12-14H2,1-4H3. The number of nitriles is 1. The van der Waals surface area contributed by atoms with Crippen LogP contribution in [0.2, 0.25) is 0 Å². The van der Waals surface area contributed by atoms with Gasteiger partial charge in [0.1, 0.15) is 6.61 Å². The van der Waals surface area contributed by atoms with Gasteiger partial charge < -0.3 is 13.8 Å². The van der Waals surface area contributed by atoms with E-state index in [1.165, 1.54) is 0 Å². The van der Waals surface area contributed by atoms with Crippen LogP contribution >= 0.6 is 8.53 Å². The first-order chi connectivity index (χ1) is 12.0. The Labute approximate surface area is 151 Å². The van der Waals surface area contributed by atoms with Gasteiger partial charge in [-0.2, -0.15) is 5.26 Å². The van der Waals surface area contributed by atoms with Crippen LogP contribution in [0.1, 0.15) is 39.7 Å². The van der Waals surface area contributed by atoms with E-state index in [2.05, 4.69) is 4.67 Å². The van der Waals surface area contributed by atoms with E-state index >= 15 is 0 Å². The van der Waals surface area contributed by atoms with Crippen LogP contribution in [0.15, 0.2) is 30.3 Å². The van der Waals surface area contributed by atoms with Crippen molar-refractivity contribution in [3.05, 3.63) is 35.9 Å². The van der Waals surface area contributed by atoms with Crippen LogP contribution in [0, 0.1) is 11.3 Å². The highest BCUT2D eigenvalue weighted by Gasteiger charge is 2.28. The van der Waals surface area contributed by atoms with E-state index in [1.54, 1.807) is 0 Å². The Hall–Kier alpha value is -1.51. The third-order valence-electron chi connectivity index (χ3n) is 3.20. The first-order valence-electron chi connectivity index (χ1n) is 8.36. The lowest BCUT2D eigenvalue weighted by Gasteiger charge is -2.35. The molecule has 0 radical (unpaired) electrons. The van der Waals surface area contributed by atoms with Crippen molar-refractivity contribution >= 4 is 14.5 Å². The zero-order chi connectivity index (χ0) is 18.7. The third-order valence-corrected chi connectivity index (χ3v) is 5.25.